The number of aromatic nitrogens is 3. The van der Waals surface area contributed by atoms with Crippen molar-refractivity contribution in [2.45, 2.75) is 25.8 Å². The molecule has 0 saturated heterocycles. The van der Waals surface area contributed by atoms with Crippen LogP contribution in [0, 0.1) is 0 Å². The van der Waals surface area contributed by atoms with Crippen molar-refractivity contribution in [3.05, 3.63) is 23.3 Å². The molecule has 0 fully saturated rings. The van der Waals surface area contributed by atoms with Crippen LogP contribution >= 0.6 is 11.3 Å². The number of aromatic amines is 1. The average Bonchev–Trinajstić information content (AvgIpc) is 2.88. The third kappa shape index (κ3) is 1.93. The molecule has 0 saturated carbocycles. The molecule has 1 unspecified atom stereocenters. The summed E-state index contributed by atoms with van der Waals surface area (Å²) in [5, 5.41) is 9.08. The van der Waals surface area contributed by atoms with Gasteiger partial charge in [0.05, 0.1) is 10.4 Å². The van der Waals surface area contributed by atoms with Gasteiger partial charge in [0.2, 0.25) is 0 Å². The highest BCUT2D eigenvalue weighted by Gasteiger charge is 2.23. The first kappa shape index (κ1) is 10.3. The summed E-state index contributed by atoms with van der Waals surface area (Å²) in [5.74, 6) is 1.47. The first-order valence-corrected chi connectivity index (χ1v) is 5.77. The van der Waals surface area contributed by atoms with Gasteiger partial charge in [-0.15, -0.1) is 11.3 Å². The summed E-state index contributed by atoms with van der Waals surface area (Å²) < 4.78 is 0. The number of nitrogens with zero attached hydrogens (tertiary/aromatic N) is 2. The van der Waals surface area contributed by atoms with Crippen molar-refractivity contribution in [1.29, 1.82) is 0 Å². The Morgan fingerprint density at radius 2 is 2.40 bits per heavy atom. The lowest BCUT2D eigenvalue weighted by Crippen LogP contribution is -2.33. The highest BCUT2D eigenvalue weighted by Crippen LogP contribution is 2.23. The Labute approximate surface area is 92.5 Å². The SMILES string of the molecule is CCC(C)(N)c1nc(-c2cccs2)n[nH]1. The van der Waals surface area contributed by atoms with Gasteiger partial charge in [-0.3, -0.25) is 5.10 Å². The van der Waals surface area contributed by atoms with E-state index in [0.717, 1.165) is 22.9 Å². The molecule has 0 bridgehead atoms. The van der Waals surface area contributed by atoms with E-state index in [2.05, 4.69) is 15.2 Å². The second-order valence-electron chi connectivity index (χ2n) is 3.76. The molecule has 2 heterocycles. The molecule has 0 aliphatic rings. The minimum atomic E-state index is -0.428. The third-order valence-corrected chi connectivity index (χ3v) is 3.37. The van der Waals surface area contributed by atoms with Crippen molar-refractivity contribution in [3.8, 4) is 10.7 Å². The van der Waals surface area contributed by atoms with E-state index >= 15 is 0 Å². The topological polar surface area (TPSA) is 67.6 Å². The van der Waals surface area contributed by atoms with Crippen molar-refractivity contribution in [1.82, 2.24) is 15.2 Å². The highest BCUT2D eigenvalue weighted by molar-refractivity contribution is 7.13. The summed E-state index contributed by atoms with van der Waals surface area (Å²) in [4.78, 5) is 5.47. The maximum Gasteiger partial charge on any atom is 0.191 e. The number of thiophene rings is 1. The lowest BCUT2D eigenvalue weighted by atomic mass is 10.0. The minimum Gasteiger partial charge on any atom is -0.319 e. The molecule has 0 aromatic carbocycles. The summed E-state index contributed by atoms with van der Waals surface area (Å²) in [7, 11) is 0. The number of nitrogens with two attached hydrogens (primary N) is 1. The van der Waals surface area contributed by atoms with Gasteiger partial charge in [0.25, 0.3) is 0 Å². The lowest BCUT2D eigenvalue weighted by molar-refractivity contribution is 0.447. The van der Waals surface area contributed by atoms with Gasteiger partial charge >= 0.3 is 0 Å². The van der Waals surface area contributed by atoms with Crippen LogP contribution in [0.2, 0.25) is 0 Å². The monoisotopic (exact) mass is 222 g/mol. The first-order valence-electron chi connectivity index (χ1n) is 4.89. The molecule has 2 rings (SSSR count). The Morgan fingerprint density at radius 1 is 1.60 bits per heavy atom. The quantitative estimate of drug-likeness (QED) is 0.835. The van der Waals surface area contributed by atoms with E-state index in [1.807, 2.05) is 31.4 Å². The zero-order valence-corrected chi connectivity index (χ0v) is 9.64. The number of rotatable bonds is 3. The van der Waals surface area contributed by atoms with E-state index in [1.165, 1.54) is 0 Å². The van der Waals surface area contributed by atoms with Gasteiger partial charge in [-0.05, 0) is 24.8 Å². The van der Waals surface area contributed by atoms with Gasteiger partial charge in [0.15, 0.2) is 5.82 Å². The molecular weight excluding hydrogens is 208 g/mol. The number of hydrogen-bond acceptors (Lipinski definition) is 4. The Balaban J connectivity index is 2.33. The fourth-order valence-corrected chi connectivity index (χ4v) is 1.86. The lowest BCUT2D eigenvalue weighted by Gasteiger charge is -2.18. The van der Waals surface area contributed by atoms with E-state index in [0.29, 0.717) is 0 Å². The van der Waals surface area contributed by atoms with E-state index in [-0.39, 0.29) is 0 Å². The predicted molar refractivity (Wildman–Crippen MR) is 61.5 cm³/mol. The Bertz CT molecular complexity index is 430. The molecule has 15 heavy (non-hydrogen) atoms. The van der Waals surface area contributed by atoms with Crippen LogP contribution in [-0.2, 0) is 5.54 Å². The third-order valence-electron chi connectivity index (χ3n) is 2.50. The number of nitrogens with one attached hydrogen (secondary N) is 1. The first-order chi connectivity index (χ1) is 7.13. The second kappa shape index (κ2) is 3.75. The van der Waals surface area contributed by atoms with Crippen LogP contribution in [0.15, 0.2) is 17.5 Å². The molecule has 0 aliphatic carbocycles. The van der Waals surface area contributed by atoms with Crippen LogP contribution in [-0.4, -0.2) is 15.2 Å². The Morgan fingerprint density at radius 3 is 3.00 bits per heavy atom. The Hall–Kier alpha value is -1.20. The Kier molecular flexibility index (Phi) is 2.58. The van der Waals surface area contributed by atoms with Crippen LogP contribution in [0.5, 0.6) is 0 Å². The van der Waals surface area contributed by atoms with Crippen molar-refractivity contribution in [2.75, 3.05) is 0 Å². The van der Waals surface area contributed by atoms with Crippen molar-refractivity contribution < 1.29 is 0 Å². The molecule has 0 spiro atoms. The van der Waals surface area contributed by atoms with E-state index in [4.69, 9.17) is 5.73 Å². The van der Waals surface area contributed by atoms with E-state index < -0.39 is 5.54 Å². The summed E-state index contributed by atoms with van der Waals surface area (Å²) >= 11 is 1.62. The summed E-state index contributed by atoms with van der Waals surface area (Å²) in [5.41, 5.74) is 5.65. The van der Waals surface area contributed by atoms with Crippen LogP contribution < -0.4 is 5.73 Å². The molecule has 4 nitrogen and oxygen atoms in total. The fraction of sp³-hybridized carbons (Fsp3) is 0.400. The van der Waals surface area contributed by atoms with Gasteiger partial charge < -0.3 is 5.73 Å². The summed E-state index contributed by atoms with van der Waals surface area (Å²) in [6.45, 7) is 3.99. The molecule has 0 amide bonds. The molecule has 2 aromatic heterocycles. The molecule has 5 heteroatoms. The zero-order valence-electron chi connectivity index (χ0n) is 8.82. The molecule has 2 aromatic rings. The smallest absolute Gasteiger partial charge is 0.191 e. The maximum atomic E-state index is 6.07. The summed E-state index contributed by atoms with van der Waals surface area (Å²) in [6.07, 6.45) is 0.825. The van der Waals surface area contributed by atoms with E-state index in [1.54, 1.807) is 11.3 Å². The minimum absolute atomic E-state index is 0.428. The largest absolute Gasteiger partial charge is 0.319 e. The molecule has 80 valence electrons. The van der Waals surface area contributed by atoms with Crippen LogP contribution in [0.4, 0.5) is 0 Å². The fourth-order valence-electron chi connectivity index (χ4n) is 1.20. The zero-order chi connectivity index (χ0) is 10.9. The molecule has 0 aliphatic heterocycles. The second-order valence-corrected chi connectivity index (χ2v) is 4.70. The van der Waals surface area contributed by atoms with Crippen molar-refractivity contribution >= 4 is 11.3 Å². The molecule has 1 atom stereocenters. The van der Waals surface area contributed by atoms with Gasteiger partial charge in [-0.1, -0.05) is 13.0 Å². The van der Waals surface area contributed by atoms with Gasteiger partial charge in [-0.25, -0.2) is 4.98 Å². The number of hydrogen-bond donors (Lipinski definition) is 2. The van der Waals surface area contributed by atoms with Crippen LogP contribution in [0.3, 0.4) is 0 Å². The molecule has 3 N–H and O–H groups in total. The molecule has 0 radical (unpaired) electrons. The highest BCUT2D eigenvalue weighted by atomic mass is 32.1. The van der Waals surface area contributed by atoms with Gasteiger partial charge in [0, 0.05) is 0 Å². The molecular formula is C10H14N4S. The summed E-state index contributed by atoms with van der Waals surface area (Å²) in [6, 6.07) is 3.98. The number of H-pyrrole nitrogens is 1. The van der Waals surface area contributed by atoms with Gasteiger partial charge in [-0.2, -0.15) is 5.10 Å². The van der Waals surface area contributed by atoms with Crippen molar-refractivity contribution in [3.63, 3.8) is 0 Å². The van der Waals surface area contributed by atoms with Crippen molar-refractivity contribution in [2.24, 2.45) is 5.73 Å². The van der Waals surface area contributed by atoms with Crippen LogP contribution in [0.1, 0.15) is 26.1 Å². The normalized spacial score (nSPS) is 15.1. The maximum absolute atomic E-state index is 6.07. The van der Waals surface area contributed by atoms with Gasteiger partial charge in [0.1, 0.15) is 5.82 Å². The standard InChI is InChI=1S/C10H14N4S/c1-3-10(2,11)9-12-8(13-14-9)7-5-4-6-15-7/h4-6H,3,11H2,1-2H3,(H,12,13,14). The van der Waals surface area contributed by atoms with Crippen LogP contribution in [0.25, 0.3) is 10.7 Å². The predicted octanol–water partition coefficient (Wildman–Crippen LogP) is 2.12. The average molecular weight is 222 g/mol. The van der Waals surface area contributed by atoms with E-state index in [9.17, 15) is 0 Å².